The van der Waals surface area contributed by atoms with E-state index in [1.165, 1.54) is 0 Å². The lowest BCUT2D eigenvalue weighted by Crippen LogP contribution is -2.13. The molecular formula is C17H15ClO2. The second-order valence-electron chi connectivity index (χ2n) is 5.06. The molecule has 0 atom stereocenters. The third-order valence-electron chi connectivity index (χ3n) is 3.55. The van der Waals surface area contributed by atoms with Crippen molar-refractivity contribution in [2.24, 2.45) is 0 Å². The third-order valence-corrected chi connectivity index (χ3v) is 3.86. The maximum atomic E-state index is 12.7. The van der Waals surface area contributed by atoms with E-state index in [1.54, 1.807) is 6.07 Å². The Morgan fingerprint density at radius 2 is 2.05 bits per heavy atom. The smallest absolute Gasteiger partial charge is 0.198 e. The Hall–Kier alpha value is -1.80. The van der Waals surface area contributed by atoms with Crippen LogP contribution < -0.4 is 4.74 Å². The van der Waals surface area contributed by atoms with Crippen molar-refractivity contribution in [1.29, 1.82) is 0 Å². The molecule has 102 valence electrons. The molecule has 2 aromatic rings. The number of carbonyl (C=O) groups excluding carboxylic acids is 1. The number of benzene rings is 2. The van der Waals surface area contributed by atoms with Gasteiger partial charge in [-0.25, -0.2) is 0 Å². The lowest BCUT2D eigenvalue weighted by atomic mass is 9.96. The van der Waals surface area contributed by atoms with Crippen LogP contribution in [0.25, 0.3) is 0 Å². The summed E-state index contributed by atoms with van der Waals surface area (Å²) in [6.45, 7) is 2.62. The first-order valence-corrected chi connectivity index (χ1v) is 7.10. The Labute approximate surface area is 123 Å². The van der Waals surface area contributed by atoms with Crippen LogP contribution >= 0.6 is 11.6 Å². The number of hydrogen-bond acceptors (Lipinski definition) is 2. The molecule has 0 bridgehead atoms. The van der Waals surface area contributed by atoms with Crippen molar-refractivity contribution in [2.45, 2.75) is 19.8 Å². The molecule has 1 aliphatic rings. The maximum absolute atomic E-state index is 12.7. The molecule has 0 N–H and O–H groups in total. The van der Waals surface area contributed by atoms with Gasteiger partial charge >= 0.3 is 0 Å². The molecule has 2 aromatic carbocycles. The van der Waals surface area contributed by atoms with Gasteiger partial charge in [-0.3, -0.25) is 4.79 Å². The van der Waals surface area contributed by atoms with Crippen molar-refractivity contribution in [3.05, 3.63) is 63.7 Å². The Morgan fingerprint density at radius 3 is 2.85 bits per heavy atom. The van der Waals surface area contributed by atoms with E-state index in [4.69, 9.17) is 16.3 Å². The van der Waals surface area contributed by atoms with E-state index in [1.807, 2.05) is 37.3 Å². The number of hydrogen-bond donors (Lipinski definition) is 0. The van der Waals surface area contributed by atoms with Gasteiger partial charge in [0, 0.05) is 5.56 Å². The topological polar surface area (TPSA) is 26.3 Å². The molecule has 20 heavy (non-hydrogen) atoms. The number of fused-ring (bicyclic) bond motifs is 1. The number of para-hydroxylation sites is 1. The highest BCUT2D eigenvalue weighted by atomic mass is 35.5. The zero-order chi connectivity index (χ0) is 14.1. The molecule has 0 saturated carbocycles. The molecule has 1 aliphatic heterocycles. The molecule has 0 amide bonds. The molecule has 0 aromatic heterocycles. The standard InChI is InChI=1S/C17H15ClO2/c1-11-7-8-13(15(18)10-11)16(19)14-6-2-4-12-5-3-9-20-17(12)14/h2,4,6-8,10H,3,5,9H2,1H3. The van der Waals surface area contributed by atoms with Crippen LogP contribution in [0.4, 0.5) is 0 Å². The second kappa shape index (κ2) is 5.29. The van der Waals surface area contributed by atoms with E-state index in [2.05, 4.69) is 0 Å². The Balaban J connectivity index is 2.07. The SMILES string of the molecule is Cc1ccc(C(=O)c2cccc3c2OCCC3)c(Cl)c1. The van der Waals surface area contributed by atoms with Crippen molar-refractivity contribution in [3.8, 4) is 5.75 Å². The van der Waals surface area contributed by atoms with Gasteiger partial charge in [-0.2, -0.15) is 0 Å². The fraction of sp³-hybridized carbons (Fsp3) is 0.235. The lowest BCUT2D eigenvalue weighted by molar-refractivity contribution is 0.103. The average molecular weight is 287 g/mol. The number of ether oxygens (including phenoxy) is 1. The van der Waals surface area contributed by atoms with Gasteiger partial charge in [0.25, 0.3) is 0 Å². The Kier molecular flexibility index (Phi) is 3.49. The number of carbonyl (C=O) groups is 1. The van der Waals surface area contributed by atoms with E-state index >= 15 is 0 Å². The number of halogens is 1. The minimum atomic E-state index is -0.0752. The van der Waals surface area contributed by atoms with E-state index in [9.17, 15) is 4.79 Å². The van der Waals surface area contributed by atoms with Crippen molar-refractivity contribution in [3.63, 3.8) is 0 Å². The molecule has 0 saturated heterocycles. The van der Waals surface area contributed by atoms with Crippen LogP contribution in [0.1, 0.15) is 33.5 Å². The molecule has 2 nitrogen and oxygen atoms in total. The molecule has 3 rings (SSSR count). The van der Waals surface area contributed by atoms with Gasteiger partial charge in [0.05, 0.1) is 17.2 Å². The minimum absolute atomic E-state index is 0.0752. The van der Waals surface area contributed by atoms with Gasteiger partial charge in [0.15, 0.2) is 5.78 Å². The Morgan fingerprint density at radius 1 is 1.20 bits per heavy atom. The molecule has 0 fully saturated rings. The van der Waals surface area contributed by atoms with Crippen LogP contribution in [-0.4, -0.2) is 12.4 Å². The largest absolute Gasteiger partial charge is 0.493 e. The normalized spacial score (nSPS) is 13.5. The summed E-state index contributed by atoms with van der Waals surface area (Å²) in [7, 11) is 0. The van der Waals surface area contributed by atoms with Crippen molar-refractivity contribution >= 4 is 17.4 Å². The van der Waals surface area contributed by atoms with Crippen molar-refractivity contribution in [1.82, 2.24) is 0 Å². The number of ketones is 1. The second-order valence-corrected chi connectivity index (χ2v) is 5.47. The van der Waals surface area contributed by atoms with Crippen molar-refractivity contribution in [2.75, 3.05) is 6.61 Å². The minimum Gasteiger partial charge on any atom is -0.493 e. The summed E-state index contributed by atoms with van der Waals surface area (Å²) in [6, 6.07) is 11.2. The monoisotopic (exact) mass is 286 g/mol. The zero-order valence-corrected chi connectivity index (χ0v) is 12.0. The van der Waals surface area contributed by atoms with Gasteiger partial charge in [0.2, 0.25) is 0 Å². The summed E-state index contributed by atoms with van der Waals surface area (Å²) in [5.41, 5.74) is 3.27. The molecule has 1 heterocycles. The molecule has 0 spiro atoms. The van der Waals surface area contributed by atoms with Gasteiger partial charge in [-0.1, -0.05) is 29.8 Å². The van der Waals surface area contributed by atoms with Gasteiger partial charge in [0.1, 0.15) is 5.75 Å². The van der Waals surface area contributed by atoms with Crippen LogP contribution in [0.3, 0.4) is 0 Å². The molecule has 0 radical (unpaired) electrons. The highest BCUT2D eigenvalue weighted by molar-refractivity contribution is 6.35. The van der Waals surface area contributed by atoms with Gasteiger partial charge < -0.3 is 4.74 Å². The zero-order valence-electron chi connectivity index (χ0n) is 11.3. The molecule has 0 unspecified atom stereocenters. The first-order chi connectivity index (χ1) is 9.66. The lowest BCUT2D eigenvalue weighted by Gasteiger charge is -2.20. The van der Waals surface area contributed by atoms with Crippen LogP contribution in [0.2, 0.25) is 5.02 Å². The first kappa shape index (κ1) is 13.2. The highest BCUT2D eigenvalue weighted by Crippen LogP contribution is 2.32. The van der Waals surface area contributed by atoms with Crippen LogP contribution in [0.15, 0.2) is 36.4 Å². The summed E-state index contributed by atoms with van der Waals surface area (Å²) in [6.07, 6.45) is 1.95. The van der Waals surface area contributed by atoms with E-state index in [0.717, 1.165) is 29.7 Å². The molecule has 0 aliphatic carbocycles. The van der Waals surface area contributed by atoms with E-state index in [-0.39, 0.29) is 5.78 Å². The van der Waals surface area contributed by atoms with Crippen LogP contribution in [0.5, 0.6) is 5.75 Å². The summed E-state index contributed by atoms with van der Waals surface area (Å²) >= 11 is 6.20. The highest BCUT2D eigenvalue weighted by Gasteiger charge is 2.21. The van der Waals surface area contributed by atoms with Gasteiger partial charge in [-0.05, 0) is 49.1 Å². The van der Waals surface area contributed by atoms with Gasteiger partial charge in [-0.15, -0.1) is 0 Å². The molecule has 3 heteroatoms. The number of rotatable bonds is 2. The van der Waals surface area contributed by atoms with Crippen LogP contribution in [-0.2, 0) is 6.42 Å². The predicted molar refractivity (Wildman–Crippen MR) is 79.9 cm³/mol. The Bertz CT molecular complexity index is 677. The fourth-order valence-corrected chi connectivity index (χ4v) is 2.84. The van der Waals surface area contributed by atoms with E-state index in [0.29, 0.717) is 22.8 Å². The predicted octanol–water partition coefficient (Wildman–Crippen LogP) is 4.20. The quantitative estimate of drug-likeness (QED) is 0.773. The summed E-state index contributed by atoms with van der Waals surface area (Å²) in [5.74, 6) is 0.647. The average Bonchev–Trinajstić information content (AvgIpc) is 2.46. The summed E-state index contributed by atoms with van der Waals surface area (Å²) < 4.78 is 5.70. The first-order valence-electron chi connectivity index (χ1n) is 6.72. The summed E-state index contributed by atoms with van der Waals surface area (Å²) in [4.78, 5) is 12.7. The third kappa shape index (κ3) is 2.32. The number of aryl methyl sites for hydroxylation is 2. The fourth-order valence-electron chi connectivity index (χ4n) is 2.52. The van der Waals surface area contributed by atoms with Crippen molar-refractivity contribution < 1.29 is 9.53 Å². The maximum Gasteiger partial charge on any atom is 0.198 e. The van der Waals surface area contributed by atoms with E-state index < -0.39 is 0 Å². The molecular weight excluding hydrogens is 272 g/mol. The van der Waals surface area contributed by atoms with Crippen LogP contribution in [0, 0.1) is 6.92 Å². The summed E-state index contributed by atoms with van der Waals surface area (Å²) in [5, 5.41) is 0.489.